The van der Waals surface area contributed by atoms with Crippen molar-refractivity contribution in [3.8, 4) is 0 Å². The van der Waals surface area contributed by atoms with Gasteiger partial charge in [0.15, 0.2) is 0 Å². The maximum atomic E-state index is 13.2. The predicted octanol–water partition coefficient (Wildman–Crippen LogP) is 5.41. The number of carbonyl (C=O) groups excluding carboxylic acids is 1. The largest absolute Gasteiger partial charge is 0.416 e. The lowest BCUT2D eigenvalue weighted by molar-refractivity contribution is -0.137. The molecular weight excluding hydrogens is 410 g/mol. The fraction of sp³-hybridized carbons (Fsp3) is 0.350. The van der Waals surface area contributed by atoms with Crippen LogP contribution in [0.1, 0.15) is 24.1 Å². The third-order valence-corrected chi connectivity index (χ3v) is 5.54. The summed E-state index contributed by atoms with van der Waals surface area (Å²) < 4.78 is 51.0. The number of nitrogens with zero attached hydrogens (tertiary/aromatic N) is 2. The first-order valence-electron chi connectivity index (χ1n) is 8.96. The van der Waals surface area contributed by atoms with E-state index in [9.17, 15) is 22.4 Å². The van der Waals surface area contributed by atoms with Crippen LogP contribution in [0.5, 0.6) is 0 Å². The van der Waals surface area contributed by atoms with Crippen LogP contribution in [0.25, 0.3) is 0 Å². The number of likely N-dealkylation sites (tertiary alicyclic amines) is 1. The van der Waals surface area contributed by atoms with Gasteiger partial charge in [-0.3, -0.25) is 4.90 Å². The Morgan fingerprint density at radius 3 is 2.38 bits per heavy atom. The van der Waals surface area contributed by atoms with Crippen molar-refractivity contribution >= 4 is 23.3 Å². The Kier molecular flexibility index (Phi) is 6.05. The first-order chi connectivity index (χ1) is 13.6. The number of likely N-dealkylation sites (N-methyl/N-ethyl adjacent to an activating group) is 1. The van der Waals surface area contributed by atoms with Crippen LogP contribution < -0.4 is 5.32 Å². The van der Waals surface area contributed by atoms with E-state index >= 15 is 0 Å². The Morgan fingerprint density at radius 1 is 1.21 bits per heavy atom. The lowest BCUT2D eigenvalue weighted by Crippen LogP contribution is -2.61. The minimum Gasteiger partial charge on any atom is -0.321 e. The van der Waals surface area contributed by atoms with Crippen LogP contribution in [0.3, 0.4) is 0 Å². The molecule has 1 fully saturated rings. The van der Waals surface area contributed by atoms with Gasteiger partial charge in [0.2, 0.25) is 0 Å². The number of alkyl halides is 3. The first-order valence-corrected chi connectivity index (χ1v) is 9.34. The summed E-state index contributed by atoms with van der Waals surface area (Å²) in [5, 5.41) is 2.94. The lowest BCUT2D eigenvalue weighted by Gasteiger charge is -2.46. The number of rotatable bonds is 4. The molecule has 0 spiro atoms. The lowest BCUT2D eigenvalue weighted by atomic mass is 10.0. The van der Waals surface area contributed by atoms with Gasteiger partial charge in [0.1, 0.15) is 5.82 Å². The molecule has 3 rings (SSSR count). The van der Waals surface area contributed by atoms with Crippen molar-refractivity contribution in [1.82, 2.24) is 9.80 Å². The van der Waals surface area contributed by atoms with Crippen LogP contribution in [0.4, 0.5) is 28.0 Å². The Bertz CT molecular complexity index is 882. The van der Waals surface area contributed by atoms with E-state index < -0.39 is 17.6 Å². The van der Waals surface area contributed by atoms with E-state index in [2.05, 4.69) is 10.2 Å². The summed E-state index contributed by atoms with van der Waals surface area (Å²) in [5.41, 5.74) is 0.323. The molecule has 1 atom stereocenters. The molecule has 0 radical (unpaired) electrons. The van der Waals surface area contributed by atoms with E-state index in [1.165, 1.54) is 24.3 Å². The standard InChI is InChI=1S/C20H20ClF4N3O/c1-12(17-8-5-14(22)9-18(17)21)27(2)16-10-28(11-16)19(29)26-15-6-3-13(4-7-15)20(23,24)25/h3-9,12,16H,10-11H2,1-2H3,(H,26,29). The zero-order valence-corrected chi connectivity index (χ0v) is 16.6. The molecule has 1 heterocycles. The van der Waals surface area contributed by atoms with Crippen molar-refractivity contribution in [2.75, 3.05) is 25.5 Å². The Labute approximate surface area is 171 Å². The summed E-state index contributed by atoms with van der Waals surface area (Å²) in [4.78, 5) is 15.9. The van der Waals surface area contributed by atoms with Gasteiger partial charge in [-0.2, -0.15) is 13.2 Å². The van der Waals surface area contributed by atoms with Gasteiger partial charge in [-0.15, -0.1) is 0 Å². The second-order valence-corrected chi connectivity index (χ2v) is 7.48. The second-order valence-electron chi connectivity index (χ2n) is 7.07. The number of hydrogen-bond acceptors (Lipinski definition) is 2. The highest BCUT2D eigenvalue weighted by molar-refractivity contribution is 6.31. The predicted molar refractivity (Wildman–Crippen MR) is 103 cm³/mol. The third-order valence-electron chi connectivity index (χ3n) is 5.21. The van der Waals surface area contributed by atoms with Crippen LogP contribution in [0.15, 0.2) is 42.5 Å². The van der Waals surface area contributed by atoms with Gasteiger partial charge in [0, 0.05) is 35.9 Å². The average molecular weight is 430 g/mol. The highest BCUT2D eigenvalue weighted by Crippen LogP contribution is 2.31. The van der Waals surface area contributed by atoms with Gasteiger partial charge in [-0.25, -0.2) is 9.18 Å². The average Bonchev–Trinajstić information content (AvgIpc) is 2.59. The number of nitrogens with one attached hydrogen (secondary N) is 1. The van der Waals surface area contributed by atoms with E-state index in [0.717, 1.165) is 17.7 Å². The van der Waals surface area contributed by atoms with Crippen LogP contribution in [0, 0.1) is 5.82 Å². The van der Waals surface area contributed by atoms with Gasteiger partial charge in [-0.1, -0.05) is 17.7 Å². The number of halogens is 5. The molecule has 0 saturated carbocycles. The zero-order valence-electron chi connectivity index (χ0n) is 15.8. The topological polar surface area (TPSA) is 35.6 Å². The van der Waals surface area contributed by atoms with E-state index in [1.54, 1.807) is 11.0 Å². The van der Waals surface area contributed by atoms with E-state index in [4.69, 9.17) is 11.6 Å². The zero-order chi connectivity index (χ0) is 21.3. The van der Waals surface area contributed by atoms with Crippen molar-refractivity contribution in [3.05, 3.63) is 64.4 Å². The van der Waals surface area contributed by atoms with Gasteiger partial charge in [-0.05, 0) is 55.9 Å². The SMILES string of the molecule is CC(c1ccc(F)cc1Cl)N(C)C1CN(C(=O)Nc2ccc(C(F)(F)F)cc2)C1. The summed E-state index contributed by atoms with van der Waals surface area (Å²) in [6.45, 7) is 2.88. The molecule has 9 heteroatoms. The molecule has 1 N–H and O–H groups in total. The van der Waals surface area contributed by atoms with Crippen LogP contribution in [-0.2, 0) is 6.18 Å². The molecule has 4 nitrogen and oxygen atoms in total. The molecule has 0 bridgehead atoms. The molecule has 1 aliphatic heterocycles. The van der Waals surface area contributed by atoms with Crippen molar-refractivity contribution in [1.29, 1.82) is 0 Å². The quantitative estimate of drug-likeness (QED) is 0.660. The minimum absolute atomic E-state index is 0.0757. The molecule has 29 heavy (non-hydrogen) atoms. The minimum atomic E-state index is -4.41. The number of carbonyl (C=O) groups is 1. The third kappa shape index (κ3) is 4.82. The first kappa shape index (κ1) is 21.4. The molecular formula is C20H20ClF4N3O. The molecule has 1 aliphatic rings. The molecule has 2 aromatic rings. The Morgan fingerprint density at radius 2 is 1.83 bits per heavy atom. The summed E-state index contributed by atoms with van der Waals surface area (Å²) >= 11 is 6.13. The molecule has 2 amide bonds. The number of amides is 2. The normalized spacial score (nSPS) is 15.9. The molecule has 1 saturated heterocycles. The number of hydrogen-bond donors (Lipinski definition) is 1. The number of urea groups is 1. The summed E-state index contributed by atoms with van der Waals surface area (Å²) in [6, 6.07) is 8.21. The summed E-state index contributed by atoms with van der Waals surface area (Å²) in [6.07, 6.45) is -4.41. The number of benzene rings is 2. The molecule has 2 aromatic carbocycles. The van der Waals surface area contributed by atoms with E-state index in [0.29, 0.717) is 23.8 Å². The maximum absolute atomic E-state index is 13.2. The van der Waals surface area contributed by atoms with Crippen molar-refractivity contribution in [2.45, 2.75) is 25.2 Å². The van der Waals surface area contributed by atoms with Gasteiger partial charge in [0.05, 0.1) is 5.56 Å². The van der Waals surface area contributed by atoms with Crippen molar-refractivity contribution in [3.63, 3.8) is 0 Å². The van der Waals surface area contributed by atoms with Gasteiger partial charge >= 0.3 is 12.2 Å². The van der Waals surface area contributed by atoms with E-state index in [-0.39, 0.29) is 18.1 Å². The Balaban J connectivity index is 1.54. The van der Waals surface area contributed by atoms with Crippen LogP contribution in [0.2, 0.25) is 5.02 Å². The highest BCUT2D eigenvalue weighted by Gasteiger charge is 2.36. The van der Waals surface area contributed by atoms with Gasteiger partial charge < -0.3 is 10.2 Å². The summed E-state index contributed by atoms with van der Waals surface area (Å²) in [7, 11) is 1.90. The molecule has 0 aromatic heterocycles. The maximum Gasteiger partial charge on any atom is 0.416 e. The highest BCUT2D eigenvalue weighted by atomic mass is 35.5. The van der Waals surface area contributed by atoms with E-state index in [1.807, 2.05) is 14.0 Å². The smallest absolute Gasteiger partial charge is 0.321 e. The molecule has 156 valence electrons. The second kappa shape index (κ2) is 8.20. The Hall–Kier alpha value is -2.32. The van der Waals surface area contributed by atoms with Crippen molar-refractivity contribution in [2.24, 2.45) is 0 Å². The van der Waals surface area contributed by atoms with Crippen LogP contribution >= 0.6 is 11.6 Å². The monoisotopic (exact) mass is 429 g/mol. The fourth-order valence-corrected chi connectivity index (χ4v) is 3.52. The summed E-state index contributed by atoms with van der Waals surface area (Å²) in [5.74, 6) is -0.400. The molecule has 1 unspecified atom stereocenters. The van der Waals surface area contributed by atoms with Crippen LogP contribution in [-0.4, -0.2) is 42.0 Å². The van der Waals surface area contributed by atoms with Gasteiger partial charge in [0.25, 0.3) is 0 Å². The number of anilines is 1. The fourth-order valence-electron chi connectivity index (χ4n) is 3.20. The van der Waals surface area contributed by atoms with Crippen molar-refractivity contribution < 1.29 is 22.4 Å². The molecule has 0 aliphatic carbocycles.